The van der Waals surface area contributed by atoms with E-state index in [0.717, 1.165) is 50.0 Å². The van der Waals surface area contributed by atoms with Crippen molar-refractivity contribution >= 4 is 17.5 Å². The standard InChI is InChI=1S/C22H28N4O2/c1-22(2,3)24-20(27)18-17-12-6-7-13-25(17)19(23-18)21(28)26-14-8-10-15-9-4-5-11-16(15)26/h4-5,9,11H,6-8,10,12-14H2,1-3H3,(H,24,27). The Morgan fingerprint density at radius 1 is 1.04 bits per heavy atom. The van der Waals surface area contributed by atoms with Crippen molar-refractivity contribution in [2.75, 3.05) is 11.4 Å². The van der Waals surface area contributed by atoms with Gasteiger partial charge in [-0.25, -0.2) is 4.98 Å². The van der Waals surface area contributed by atoms with E-state index in [1.165, 1.54) is 5.56 Å². The number of para-hydroxylation sites is 1. The zero-order valence-electron chi connectivity index (χ0n) is 16.9. The molecule has 2 amide bonds. The van der Waals surface area contributed by atoms with Gasteiger partial charge in [-0.15, -0.1) is 0 Å². The third kappa shape index (κ3) is 3.43. The van der Waals surface area contributed by atoms with E-state index in [4.69, 9.17) is 0 Å². The van der Waals surface area contributed by atoms with Gasteiger partial charge in [-0.2, -0.15) is 0 Å². The summed E-state index contributed by atoms with van der Waals surface area (Å²) in [4.78, 5) is 32.7. The fraction of sp³-hybridized carbons (Fsp3) is 0.500. The molecule has 1 N–H and O–H groups in total. The Hall–Kier alpha value is -2.63. The van der Waals surface area contributed by atoms with Gasteiger partial charge in [-0.1, -0.05) is 18.2 Å². The Labute approximate surface area is 165 Å². The van der Waals surface area contributed by atoms with Crippen LogP contribution in [0.15, 0.2) is 24.3 Å². The molecule has 3 heterocycles. The van der Waals surface area contributed by atoms with Gasteiger partial charge in [-0.3, -0.25) is 9.59 Å². The monoisotopic (exact) mass is 380 g/mol. The van der Waals surface area contributed by atoms with Gasteiger partial charge < -0.3 is 14.8 Å². The summed E-state index contributed by atoms with van der Waals surface area (Å²) in [6.07, 6.45) is 4.72. The number of nitrogens with one attached hydrogen (secondary N) is 1. The molecule has 0 fully saturated rings. The highest BCUT2D eigenvalue weighted by molar-refractivity contribution is 6.06. The third-order valence-corrected chi connectivity index (χ3v) is 5.37. The van der Waals surface area contributed by atoms with E-state index in [2.05, 4.69) is 16.4 Å². The summed E-state index contributed by atoms with van der Waals surface area (Å²) in [6.45, 7) is 7.27. The number of fused-ring (bicyclic) bond motifs is 2. The minimum Gasteiger partial charge on any atom is -0.346 e. The molecule has 0 aliphatic carbocycles. The van der Waals surface area contributed by atoms with E-state index < -0.39 is 0 Å². The van der Waals surface area contributed by atoms with Crippen molar-refractivity contribution in [3.05, 3.63) is 47.0 Å². The highest BCUT2D eigenvalue weighted by Crippen LogP contribution is 2.29. The number of nitrogens with zero attached hydrogens (tertiary/aromatic N) is 3. The number of benzene rings is 1. The molecular weight excluding hydrogens is 352 g/mol. The zero-order valence-corrected chi connectivity index (χ0v) is 16.9. The van der Waals surface area contributed by atoms with E-state index in [-0.39, 0.29) is 17.4 Å². The number of hydrogen-bond acceptors (Lipinski definition) is 3. The van der Waals surface area contributed by atoms with Gasteiger partial charge in [0.1, 0.15) is 5.69 Å². The number of aromatic nitrogens is 2. The minimum absolute atomic E-state index is 0.106. The molecule has 0 atom stereocenters. The second-order valence-electron chi connectivity index (χ2n) is 8.73. The zero-order chi connectivity index (χ0) is 19.9. The smallest absolute Gasteiger partial charge is 0.294 e. The van der Waals surface area contributed by atoms with Crippen molar-refractivity contribution in [1.82, 2.24) is 14.9 Å². The van der Waals surface area contributed by atoms with Crippen molar-refractivity contribution in [2.45, 2.75) is 65.0 Å². The van der Waals surface area contributed by atoms with E-state index in [1.54, 1.807) is 0 Å². The number of amides is 2. The molecule has 2 aromatic rings. The Morgan fingerprint density at radius 2 is 1.82 bits per heavy atom. The lowest BCUT2D eigenvalue weighted by atomic mass is 10.0. The summed E-state index contributed by atoms with van der Waals surface area (Å²) >= 11 is 0. The summed E-state index contributed by atoms with van der Waals surface area (Å²) in [7, 11) is 0. The van der Waals surface area contributed by atoms with Crippen molar-refractivity contribution in [1.29, 1.82) is 0 Å². The van der Waals surface area contributed by atoms with Crippen LogP contribution in [0.2, 0.25) is 0 Å². The molecule has 0 spiro atoms. The van der Waals surface area contributed by atoms with Crippen LogP contribution in [0.3, 0.4) is 0 Å². The Kier molecular flexibility index (Phi) is 4.73. The average molecular weight is 380 g/mol. The fourth-order valence-corrected chi connectivity index (χ4v) is 4.15. The van der Waals surface area contributed by atoms with Crippen molar-refractivity contribution < 1.29 is 9.59 Å². The summed E-state index contributed by atoms with van der Waals surface area (Å²) in [5.41, 5.74) is 3.11. The van der Waals surface area contributed by atoms with Crippen LogP contribution in [0.4, 0.5) is 5.69 Å². The van der Waals surface area contributed by atoms with Gasteiger partial charge in [0.05, 0.1) is 5.69 Å². The second kappa shape index (κ2) is 7.08. The molecule has 0 bridgehead atoms. The molecule has 1 aromatic carbocycles. The molecule has 28 heavy (non-hydrogen) atoms. The van der Waals surface area contributed by atoms with Gasteiger partial charge in [0.15, 0.2) is 0 Å². The quantitative estimate of drug-likeness (QED) is 0.869. The van der Waals surface area contributed by atoms with Crippen molar-refractivity contribution in [3.63, 3.8) is 0 Å². The van der Waals surface area contributed by atoms with Gasteiger partial charge in [0.25, 0.3) is 11.8 Å². The van der Waals surface area contributed by atoms with Crippen LogP contribution in [-0.4, -0.2) is 33.4 Å². The van der Waals surface area contributed by atoms with Crippen LogP contribution >= 0.6 is 0 Å². The number of rotatable bonds is 2. The highest BCUT2D eigenvalue weighted by Gasteiger charge is 2.32. The van der Waals surface area contributed by atoms with E-state index in [9.17, 15) is 9.59 Å². The van der Waals surface area contributed by atoms with Gasteiger partial charge in [0, 0.05) is 24.3 Å². The van der Waals surface area contributed by atoms with Crippen LogP contribution in [0.5, 0.6) is 0 Å². The summed E-state index contributed by atoms with van der Waals surface area (Å²) in [6, 6.07) is 8.06. The van der Waals surface area contributed by atoms with Crippen LogP contribution in [0.25, 0.3) is 0 Å². The molecule has 6 heteroatoms. The lowest BCUT2D eigenvalue weighted by molar-refractivity contribution is 0.0913. The first-order valence-corrected chi connectivity index (χ1v) is 10.2. The predicted octanol–water partition coefficient (Wildman–Crippen LogP) is 3.34. The first-order chi connectivity index (χ1) is 13.3. The van der Waals surface area contributed by atoms with Crippen LogP contribution in [0, 0.1) is 0 Å². The molecule has 0 saturated heterocycles. The normalized spacial score (nSPS) is 16.3. The van der Waals surface area contributed by atoms with E-state index in [1.807, 2.05) is 48.4 Å². The first kappa shape index (κ1) is 18.7. The number of anilines is 1. The van der Waals surface area contributed by atoms with Gasteiger partial charge >= 0.3 is 0 Å². The molecule has 2 aliphatic heterocycles. The summed E-state index contributed by atoms with van der Waals surface area (Å²) < 4.78 is 1.97. The maximum Gasteiger partial charge on any atom is 0.294 e. The fourth-order valence-electron chi connectivity index (χ4n) is 4.15. The molecule has 0 unspecified atom stereocenters. The molecular formula is C22H28N4O2. The second-order valence-corrected chi connectivity index (χ2v) is 8.73. The van der Waals surface area contributed by atoms with Crippen molar-refractivity contribution in [2.24, 2.45) is 0 Å². The number of hydrogen-bond donors (Lipinski definition) is 1. The van der Waals surface area contributed by atoms with E-state index >= 15 is 0 Å². The summed E-state index contributed by atoms with van der Waals surface area (Å²) in [5.74, 6) is 0.0896. The maximum absolute atomic E-state index is 13.5. The summed E-state index contributed by atoms with van der Waals surface area (Å²) in [5, 5.41) is 2.99. The Bertz CT molecular complexity index is 923. The minimum atomic E-state index is -0.349. The van der Waals surface area contributed by atoms with E-state index in [0.29, 0.717) is 18.1 Å². The Balaban J connectivity index is 1.73. The highest BCUT2D eigenvalue weighted by atomic mass is 16.2. The van der Waals surface area contributed by atoms with Gasteiger partial charge in [0.2, 0.25) is 5.82 Å². The molecule has 1 aromatic heterocycles. The largest absolute Gasteiger partial charge is 0.346 e. The molecule has 2 aliphatic rings. The Morgan fingerprint density at radius 3 is 2.61 bits per heavy atom. The SMILES string of the molecule is CC(C)(C)NC(=O)c1nc(C(=O)N2CCCc3ccccc32)n2c1CCCC2. The molecule has 0 radical (unpaired) electrons. The number of aryl methyl sites for hydroxylation is 1. The molecule has 0 saturated carbocycles. The third-order valence-electron chi connectivity index (χ3n) is 5.37. The van der Waals surface area contributed by atoms with Crippen LogP contribution in [0.1, 0.15) is 72.4 Å². The van der Waals surface area contributed by atoms with Crippen LogP contribution in [-0.2, 0) is 19.4 Å². The molecule has 6 nitrogen and oxygen atoms in total. The number of imidazole rings is 1. The number of carbonyl (C=O) groups is 2. The predicted molar refractivity (Wildman–Crippen MR) is 109 cm³/mol. The van der Waals surface area contributed by atoms with Gasteiger partial charge in [-0.05, 0) is 64.5 Å². The maximum atomic E-state index is 13.5. The molecule has 148 valence electrons. The molecule has 4 rings (SSSR count). The van der Waals surface area contributed by atoms with Crippen molar-refractivity contribution in [3.8, 4) is 0 Å². The topological polar surface area (TPSA) is 67.2 Å². The number of carbonyl (C=O) groups excluding carboxylic acids is 2. The lowest BCUT2D eigenvalue weighted by Gasteiger charge is -2.29. The average Bonchev–Trinajstić information content (AvgIpc) is 3.05. The lowest BCUT2D eigenvalue weighted by Crippen LogP contribution is -2.41. The van der Waals surface area contributed by atoms with Crippen LogP contribution < -0.4 is 10.2 Å². The first-order valence-electron chi connectivity index (χ1n) is 10.2.